The van der Waals surface area contributed by atoms with Gasteiger partial charge in [-0.15, -0.1) is 11.3 Å². The molecule has 0 saturated carbocycles. The molecule has 0 atom stereocenters. The summed E-state index contributed by atoms with van der Waals surface area (Å²) in [4.78, 5) is 37.5. The third-order valence-electron chi connectivity index (χ3n) is 5.65. The molecule has 33 heavy (non-hydrogen) atoms. The van der Waals surface area contributed by atoms with Crippen LogP contribution in [-0.4, -0.2) is 76.1 Å². The molecule has 1 saturated heterocycles. The van der Waals surface area contributed by atoms with Crippen molar-refractivity contribution < 1.29 is 14.3 Å². The first-order valence-corrected chi connectivity index (χ1v) is 11.4. The second-order valence-corrected chi connectivity index (χ2v) is 8.41. The Bertz CT molecular complexity index is 1280. The number of benzene rings is 1. The smallest absolute Gasteiger partial charge is 0.228 e. The topological polar surface area (TPSA) is 109 Å². The van der Waals surface area contributed by atoms with Gasteiger partial charge in [0.25, 0.3) is 0 Å². The molecular formula is C22H23N7O3S. The van der Waals surface area contributed by atoms with Crippen LogP contribution in [0.4, 0.5) is 5.82 Å². The van der Waals surface area contributed by atoms with Gasteiger partial charge in [0.15, 0.2) is 23.0 Å². The number of nitrogens with zero attached hydrogens (tertiary/aromatic N) is 6. The highest BCUT2D eigenvalue weighted by Crippen LogP contribution is 2.33. The number of amides is 1. The number of hydrogen-bond acceptors (Lipinski definition) is 9. The summed E-state index contributed by atoms with van der Waals surface area (Å²) in [6, 6.07) is 5.69. The summed E-state index contributed by atoms with van der Waals surface area (Å²) in [5.41, 5.74) is 3.17. The Balaban J connectivity index is 1.22. The van der Waals surface area contributed by atoms with Crippen molar-refractivity contribution in [2.24, 2.45) is 0 Å². The maximum Gasteiger partial charge on any atom is 0.228 e. The van der Waals surface area contributed by atoms with Crippen molar-refractivity contribution in [3.8, 4) is 22.1 Å². The van der Waals surface area contributed by atoms with Gasteiger partial charge < -0.3 is 24.3 Å². The summed E-state index contributed by atoms with van der Waals surface area (Å²) in [6.45, 7) is 2.66. The second kappa shape index (κ2) is 9.02. The molecule has 1 fully saturated rings. The summed E-state index contributed by atoms with van der Waals surface area (Å²) in [6.07, 6.45) is 3.42. The fourth-order valence-electron chi connectivity index (χ4n) is 3.92. The van der Waals surface area contributed by atoms with E-state index in [-0.39, 0.29) is 12.3 Å². The number of anilines is 1. The quantitative estimate of drug-likeness (QED) is 0.462. The van der Waals surface area contributed by atoms with E-state index in [1.165, 1.54) is 17.7 Å². The molecule has 10 nitrogen and oxygen atoms in total. The number of ether oxygens (including phenoxy) is 2. The van der Waals surface area contributed by atoms with Crippen molar-refractivity contribution in [3.05, 3.63) is 41.9 Å². The minimum Gasteiger partial charge on any atom is -0.493 e. The number of fused-ring (bicyclic) bond motifs is 1. The SMILES string of the molecule is COc1ccc(-c2nc(CC(=O)N3CCN(c4ncnc5nc[nH]c45)CC3)cs2)cc1OC. The largest absolute Gasteiger partial charge is 0.493 e. The number of rotatable bonds is 6. The molecule has 1 aliphatic rings. The van der Waals surface area contributed by atoms with E-state index in [0.717, 1.165) is 27.6 Å². The van der Waals surface area contributed by atoms with E-state index in [4.69, 9.17) is 9.47 Å². The first-order valence-electron chi connectivity index (χ1n) is 10.5. The lowest BCUT2D eigenvalue weighted by atomic mass is 10.2. The molecule has 0 aliphatic carbocycles. The van der Waals surface area contributed by atoms with Gasteiger partial charge >= 0.3 is 0 Å². The van der Waals surface area contributed by atoms with E-state index < -0.39 is 0 Å². The third kappa shape index (κ3) is 4.19. The summed E-state index contributed by atoms with van der Waals surface area (Å²) in [7, 11) is 3.21. The Labute approximate surface area is 194 Å². The zero-order valence-electron chi connectivity index (χ0n) is 18.3. The number of H-pyrrole nitrogens is 1. The van der Waals surface area contributed by atoms with Crippen molar-refractivity contribution in [1.29, 1.82) is 0 Å². The summed E-state index contributed by atoms with van der Waals surface area (Å²) in [5.74, 6) is 2.22. The average molecular weight is 466 g/mol. The lowest BCUT2D eigenvalue weighted by Crippen LogP contribution is -2.49. The highest BCUT2D eigenvalue weighted by Gasteiger charge is 2.24. The monoisotopic (exact) mass is 465 g/mol. The van der Waals surface area contributed by atoms with Crippen LogP contribution in [-0.2, 0) is 11.2 Å². The molecule has 4 heterocycles. The molecule has 3 aromatic heterocycles. The minimum atomic E-state index is 0.0770. The van der Waals surface area contributed by atoms with Crippen molar-refractivity contribution in [2.45, 2.75) is 6.42 Å². The van der Waals surface area contributed by atoms with Gasteiger partial charge in [-0.2, -0.15) is 0 Å². The lowest BCUT2D eigenvalue weighted by molar-refractivity contribution is -0.130. The van der Waals surface area contributed by atoms with Gasteiger partial charge in [0.05, 0.1) is 32.7 Å². The van der Waals surface area contributed by atoms with Gasteiger partial charge in [-0.05, 0) is 18.2 Å². The maximum atomic E-state index is 12.9. The maximum absolute atomic E-state index is 12.9. The van der Waals surface area contributed by atoms with Crippen LogP contribution in [0.2, 0.25) is 0 Å². The van der Waals surface area contributed by atoms with Gasteiger partial charge in [0.1, 0.15) is 16.9 Å². The van der Waals surface area contributed by atoms with Crippen LogP contribution >= 0.6 is 11.3 Å². The second-order valence-electron chi connectivity index (χ2n) is 7.56. The number of thiazole rings is 1. The first-order chi connectivity index (χ1) is 16.2. The third-order valence-corrected chi connectivity index (χ3v) is 6.59. The Morgan fingerprint density at radius 2 is 1.91 bits per heavy atom. The van der Waals surface area contributed by atoms with E-state index in [1.54, 1.807) is 20.5 Å². The Morgan fingerprint density at radius 3 is 2.70 bits per heavy atom. The summed E-state index contributed by atoms with van der Waals surface area (Å²) < 4.78 is 10.7. The number of aromatic nitrogens is 5. The van der Waals surface area contributed by atoms with Gasteiger partial charge in [-0.25, -0.2) is 19.9 Å². The van der Waals surface area contributed by atoms with Crippen LogP contribution < -0.4 is 14.4 Å². The fraction of sp³-hybridized carbons (Fsp3) is 0.318. The molecule has 1 amide bonds. The minimum absolute atomic E-state index is 0.0770. The standard InChI is InChI=1S/C22H23N7O3S/c1-31-16-4-3-14(9-17(16)32-2)22-27-15(11-33-22)10-18(30)28-5-7-29(8-6-28)21-19-20(24-12-23-19)25-13-26-21/h3-4,9,11-13H,5-8,10H2,1-2H3,(H,23,24,25,26). The number of carbonyl (C=O) groups excluding carboxylic acids is 1. The number of imidazole rings is 1. The molecule has 0 spiro atoms. The molecule has 0 bridgehead atoms. The Morgan fingerprint density at radius 1 is 1.09 bits per heavy atom. The molecule has 170 valence electrons. The fourth-order valence-corrected chi connectivity index (χ4v) is 4.73. The van der Waals surface area contributed by atoms with Gasteiger partial charge in [-0.3, -0.25) is 4.79 Å². The molecule has 4 aromatic rings. The van der Waals surface area contributed by atoms with Gasteiger partial charge in [0, 0.05) is 37.1 Å². The van der Waals surface area contributed by atoms with Gasteiger partial charge in [0.2, 0.25) is 5.91 Å². The molecule has 1 N–H and O–H groups in total. The van der Waals surface area contributed by atoms with Crippen LogP contribution in [0.1, 0.15) is 5.69 Å². The number of methoxy groups -OCH3 is 2. The van der Waals surface area contributed by atoms with Crippen LogP contribution in [0, 0.1) is 0 Å². The van der Waals surface area contributed by atoms with E-state index in [9.17, 15) is 4.79 Å². The molecule has 1 aromatic carbocycles. The van der Waals surface area contributed by atoms with Crippen LogP contribution in [0.15, 0.2) is 36.2 Å². The van der Waals surface area contributed by atoms with Crippen molar-refractivity contribution in [2.75, 3.05) is 45.3 Å². The summed E-state index contributed by atoms with van der Waals surface area (Å²) in [5, 5.41) is 2.78. The molecule has 5 rings (SSSR count). The molecular weight excluding hydrogens is 442 g/mol. The predicted molar refractivity (Wildman–Crippen MR) is 125 cm³/mol. The molecule has 1 aliphatic heterocycles. The van der Waals surface area contributed by atoms with E-state index in [1.807, 2.05) is 28.5 Å². The number of carbonyl (C=O) groups is 1. The number of hydrogen-bond donors (Lipinski definition) is 1. The van der Waals surface area contributed by atoms with Gasteiger partial charge in [-0.1, -0.05) is 0 Å². The number of aromatic amines is 1. The molecule has 0 unspecified atom stereocenters. The van der Waals surface area contributed by atoms with Crippen molar-refractivity contribution >= 4 is 34.2 Å². The number of piperazine rings is 1. The Kier molecular flexibility index (Phi) is 5.78. The average Bonchev–Trinajstić information content (AvgIpc) is 3.53. The van der Waals surface area contributed by atoms with E-state index in [2.05, 4.69) is 29.8 Å². The van der Waals surface area contributed by atoms with Crippen LogP contribution in [0.25, 0.3) is 21.7 Å². The Hall–Kier alpha value is -3.73. The zero-order chi connectivity index (χ0) is 22.8. The van der Waals surface area contributed by atoms with E-state index in [0.29, 0.717) is 43.3 Å². The van der Waals surface area contributed by atoms with E-state index >= 15 is 0 Å². The predicted octanol–water partition coefficient (Wildman–Crippen LogP) is 2.38. The summed E-state index contributed by atoms with van der Waals surface area (Å²) >= 11 is 1.51. The zero-order valence-corrected chi connectivity index (χ0v) is 19.1. The van der Waals surface area contributed by atoms with Crippen molar-refractivity contribution in [1.82, 2.24) is 29.8 Å². The van der Waals surface area contributed by atoms with Crippen LogP contribution in [0.5, 0.6) is 11.5 Å². The molecule has 0 radical (unpaired) electrons. The molecule has 11 heteroatoms. The normalized spacial score (nSPS) is 14.0. The lowest BCUT2D eigenvalue weighted by Gasteiger charge is -2.35. The first kappa shape index (κ1) is 21.1. The highest BCUT2D eigenvalue weighted by atomic mass is 32.1. The highest BCUT2D eigenvalue weighted by molar-refractivity contribution is 7.13. The number of nitrogens with one attached hydrogen (secondary N) is 1. The van der Waals surface area contributed by atoms with Crippen molar-refractivity contribution in [3.63, 3.8) is 0 Å². The van der Waals surface area contributed by atoms with Crippen LogP contribution in [0.3, 0.4) is 0 Å².